The molecule has 0 aromatic carbocycles. The van der Waals surface area contributed by atoms with Gasteiger partial charge in [0.2, 0.25) is 0 Å². The molecule has 0 bridgehead atoms. The summed E-state index contributed by atoms with van der Waals surface area (Å²) in [5, 5.41) is 12.2. The van der Waals surface area contributed by atoms with E-state index >= 15 is 0 Å². The van der Waals surface area contributed by atoms with Crippen LogP contribution in [-0.2, 0) is 6.18 Å². The Bertz CT molecular complexity index is 467. The first-order valence-electron chi connectivity index (χ1n) is 3.96. The number of aliphatic hydroxyl groups excluding tert-OH is 1. The van der Waals surface area contributed by atoms with Gasteiger partial charge in [-0.2, -0.15) is 13.2 Å². The molecule has 86 valence electrons. The van der Waals surface area contributed by atoms with E-state index in [1.165, 1.54) is 6.20 Å². The minimum absolute atomic E-state index is 0.123. The van der Waals surface area contributed by atoms with Crippen LogP contribution in [-0.4, -0.2) is 19.7 Å². The van der Waals surface area contributed by atoms with Crippen LogP contribution >= 0.6 is 22.9 Å². The van der Waals surface area contributed by atoms with Gasteiger partial charge in [0.05, 0.1) is 16.0 Å². The summed E-state index contributed by atoms with van der Waals surface area (Å²) in [6.45, 7) is 0. The van der Waals surface area contributed by atoms with Crippen molar-refractivity contribution < 1.29 is 18.3 Å². The number of rotatable bonds is 2. The Morgan fingerprint density at radius 3 is 2.50 bits per heavy atom. The molecule has 2 heterocycles. The quantitative estimate of drug-likeness (QED) is 0.905. The predicted octanol–water partition coefficient (Wildman–Crippen LogP) is 2.10. The molecule has 1 atom stereocenters. The van der Waals surface area contributed by atoms with E-state index in [1.807, 2.05) is 0 Å². The van der Waals surface area contributed by atoms with E-state index in [9.17, 15) is 18.3 Å². The van der Waals surface area contributed by atoms with Crippen molar-refractivity contribution in [2.45, 2.75) is 12.3 Å². The van der Waals surface area contributed by atoms with E-state index in [4.69, 9.17) is 0 Å². The summed E-state index contributed by atoms with van der Waals surface area (Å²) in [4.78, 5) is 3.73. The van der Waals surface area contributed by atoms with E-state index < -0.39 is 17.3 Å². The van der Waals surface area contributed by atoms with Gasteiger partial charge in [0.15, 0.2) is 5.01 Å². The highest BCUT2D eigenvalue weighted by Gasteiger charge is 2.35. The SMILES string of the molecule is OC(c1cnns1)c1cnc(C(F)(F)F)s1. The normalized spacial score (nSPS) is 14.0. The zero-order valence-corrected chi connectivity index (χ0v) is 9.10. The summed E-state index contributed by atoms with van der Waals surface area (Å²) in [5.41, 5.74) is 0. The van der Waals surface area contributed by atoms with Gasteiger partial charge in [-0.15, -0.1) is 16.4 Å². The molecule has 0 aliphatic carbocycles. The van der Waals surface area contributed by atoms with Gasteiger partial charge in [0, 0.05) is 6.20 Å². The van der Waals surface area contributed by atoms with Crippen molar-refractivity contribution in [2.75, 3.05) is 0 Å². The fraction of sp³-hybridized carbons (Fsp3) is 0.286. The monoisotopic (exact) mass is 267 g/mol. The summed E-state index contributed by atoms with van der Waals surface area (Å²) in [6, 6.07) is 0. The van der Waals surface area contributed by atoms with Gasteiger partial charge in [-0.25, -0.2) is 4.98 Å². The molecule has 0 fully saturated rings. The van der Waals surface area contributed by atoms with Crippen LogP contribution in [0.4, 0.5) is 13.2 Å². The fourth-order valence-corrected chi connectivity index (χ4v) is 2.35. The molecular formula is C7H4F3N3OS2. The Hall–Kier alpha value is -1.06. The average molecular weight is 267 g/mol. The van der Waals surface area contributed by atoms with Crippen LogP contribution in [0.3, 0.4) is 0 Å². The molecule has 0 spiro atoms. The van der Waals surface area contributed by atoms with Gasteiger partial charge in [-0.05, 0) is 11.5 Å². The van der Waals surface area contributed by atoms with Crippen LogP contribution in [0.1, 0.15) is 20.9 Å². The Labute approximate surface area is 95.6 Å². The highest BCUT2D eigenvalue weighted by molar-refractivity contribution is 7.12. The lowest BCUT2D eigenvalue weighted by molar-refractivity contribution is -0.137. The van der Waals surface area contributed by atoms with Crippen molar-refractivity contribution in [2.24, 2.45) is 0 Å². The molecule has 0 aliphatic heterocycles. The van der Waals surface area contributed by atoms with Crippen molar-refractivity contribution in [3.05, 3.63) is 27.2 Å². The van der Waals surface area contributed by atoms with Crippen molar-refractivity contribution in [3.63, 3.8) is 0 Å². The Kier molecular flexibility index (Phi) is 2.91. The molecule has 2 aromatic heterocycles. The van der Waals surface area contributed by atoms with Gasteiger partial charge in [0.1, 0.15) is 6.10 Å². The molecule has 4 nitrogen and oxygen atoms in total. The second-order valence-electron chi connectivity index (χ2n) is 2.79. The van der Waals surface area contributed by atoms with Gasteiger partial charge in [-0.3, -0.25) is 0 Å². The van der Waals surface area contributed by atoms with Crippen LogP contribution in [0.15, 0.2) is 12.4 Å². The predicted molar refractivity (Wildman–Crippen MR) is 51.1 cm³/mol. The van der Waals surface area contributed by atoms with Crippen LogP contribution in [0.25, 0.3) is 0 Å². The van der Waals surface area contributed by atoms with Crippen LogP contribution in [0, 0.1) is 0 Å². The fourth-order valence-electron chi connectivity index (χ4n) is 0.980. The van der Waals surface area contributed by atoms with Crippen LogP contribution in [0.5, 0.6) is 0 Å². The lowest BCUT2D eigenvalue weighted by atomic mass is 10.3. The second kappa shape index (κ2) is 4.07. The number of hydrogen-bond donors (Lipinski definition) is 1. The minimum atomic E-state index is -4.48. The lowest BCUT2D eigenvalue weighted by Gasteiger charge is -2.02. The molecule has 2 rings (SSSR count). The lowest BCUT2D eigenvalue weighted by Crippen LogP contribution is -2.03. The minimum Gasteiger partial charge on any atom is -0.382 e. The summed E-state index contributed by atoms with van der Waals surface area (Å²) >= 11 is 1.34. The van der Waals surface area contributed by atoms with E-state index in [-0.39, 0.29) is 4.88 Å². The van der Waals surface area contributed by atoms with Crippen LogP contribution < -0.4 is 0 Å². The molecular weight excluding hydrogens is 263 g/mol. The Morgan fingerprint density at radius 1 is 1.25 bits per heavy atom. The molecule has 0 radical (unpaired) electrons. The summed E-state index contributed by atoms with van der Waals surface area (Å²) in [7, 11) is 0. The molecule has 16 heavy (non-hydrogen) atoms. The summed E-state index contributed by atoms with van der Waals surface area (Å²) < 4.78 is 40.3. The molecule has 0 saturated heterocycles. The largest absolute Gasteiger partial charge is 0.443 e. The van der Waals surface area contributed by atoms with Crippen molar-refractivity contribution in [1.29, 1.82) is 0 Å². The molecule has 0 amide bonds. The first-order chi connectivity index (χ1) is 7.48. The highest BCUT2D eigenvalue weighted by Crippen LogP contribution is 2.36. The summed E-state index contributed by atoms with van der Waals surface area (Å²) in [6.07, 6.45) is -3.30. The average Bonchev–Trinajstić information content (AvgIpc) is 2.87. The van der Waals surface area contributed by atoms with Gasteiger partial charge < -0.3 is 5.11 Å². The van der Waals surface area contributed by atoms with E-state index in [2.05, 4.69) is 14.6 Å². The molecule has 2 aromatic rings. The van der Waals surface area contributed by atoms with E-state index in [1.54, 1.807) is 0 Å². The van der Waals surface area contributed by atoms with Gasteiger partial charge in [-0.1, -0.05) is 4.49 Å². The Morgan fingerprint density at radius 2 is 2.00 bits per heavy atom. The van der Waals surface area contributed by atoms with Crippen molar-refractivity contribution >= 4 is 22.9 Å². The van der Waals surface area contributed by atoms with Crippen molar-refractivity contribution in [1.82, 2.24) is 14.6 Å². The topological polar surface area (TPSA) is 58.9 Å². The third-order valence-electron chi connectivity index (χ3n) is 1.68. The molecule has 0 saturated carbocycles. The number of halogens is 3. The maximum absolute atomic E-state index is 12.3. The standard InChI is InChI=1S/C7H4F3N3OS2/c8-7(9,10)6-11-1-3(15-6)5(14)4-2-12-13-16-4/h1-2,5,14H. The number of alkyl halides is 3. The zero-order chi connectivity index (χ0) is 11.8. The second-order valence-corrected chi connectivity index (χ2v) is 4.67. The molecule has 1 N–H and O–H groups in total. The number of hydrogen-bond acceptors (Lipinski definition) is 6. The Balaban J connectivity index is 2.26. The zero-order valence-electron chi connectivity index (χ0n) is 7.47. The number of thiazole rings is 1. The third kappa shape index (κ3) is 2.20. The van der Waals surface area contributed by atoms with Crippen molar-refractivity contribution in [3.8, 4) is 0 Å². The first kappa shape index (κ1) is 11.4. The molecule has 1 unspecified atom stereocenters. The smallest absolute Gasteiger partial charge is 0.382 e. The number of aromatic nitrogens is 3. The summed E-state index contributed by atoms with van der Waals surface area (Å²) in [5.74, 6) is 0. The highest BCUT2D eigenvalue weighted by atomic mass is 32.1. The third-order valence-corrected chi connectivity index (χ3v) is 3.49. The number of nitrogens with zero attached hydrogens (tertiary/aromatic N) is 3. The first-order valence-corrected chi connectivity index (χ1v) is 5.55. The maximum atomic E-state index is 12.3. The van der Waals surface area contributed by atoms with Gasteiger partial charge >= 0.3 is 6.18 Å². The van der Waals surface area contributed by atoms with E-state index in [0.717, 1.165) is 17.7 Å². The van der Waals surface area contributed by atoms with Crippen LogP contribution in [0.2, 0.25) is 0 Å². The van der Waals surface area contributed by atoms with E-state index in [0.29, 0.717) is 16.2 Å². The number of aliphatic hydroxyl groups is 1. The van der Waals surface area contributed by atoms with Gasteiger partial charge in [0.25, 0.3) is 0 Å². The molecule has 9 heteroatoms. The molecule has 0 aliphatic rings. The maximum Gasteiger partial charge on any atom is 0.443 e.